The molecule has 106 valence electrons. The normalized spacial score (nSPS) is 14.0. The van der Waals surface area contributed by atoms with Crippen molar-refractivity contribution in [1.82, 2.24) is 0 Å². The van der Waals surface area contributed by atoms with Crippen molar-refractivity contribution in [3.05, 3.63) is 70.8 Å². The van der Waals surface area contributed by atoms with E-state index in [1.54, 1.807) is 0 Å². The zero-order valence-electron chi connectivity index (χ0n) is 12.5. The summed E-state index contributed by atoms with van der Waals surface area (Å²) in [5, 5.41) is 0.344. The standard InChI is InChI=1S/C18H23NS/c1-13-7-6-9-16(11-13)12-20-18(15(3)19)17-10-5-4-8-14(17)2/h4-11,15,18H,12,19H2,1-3H3. The number of thioether (sulfide) groups is 1. The van der Waals surface area contributed by atoms with Gasteiger partial charge in [-0.3, -0.25) is 0 Å². The first-order chi connectivity index (χ1) is 9.58. The van der Waals surface area contributed by atoms with Gasteiger partial charge >= 0.3 is 0 Å². The summed E-state index contributed by atoms with van der Waals surface area (Å²) >= 11 is 1.93. The van der Waals surface area contributed by atoms with E-state index in [4.69, 9.17) is 5.73 Å². The Morgan fingerprint density at radius 3 is 2.45 bits per heavy atom. The van der Waals surface area contributed by atoms with Crippen LogP contribution in [0.5, 0.6) is 0 Å². The van der Waals surface area contributed by atoms with Crippen LogP contribution in [0.4, 0.5) is 0 Å². The summed E-state index contributed by atoms with van der Waals surface area (Å²) in [7, 11) is 0. The van der Waals surface area contributed by atoms with Crippen LogP contribution < -0.4 is 5.73 Å². The highest BCUT2D eigenvalue weighted by atomic mass is 32.2. The van der Waals surface area contributed by atoms with Gasteiger partial charge in [-0.05, 0) is 37.5 Å². The van der Waals surface area contributed by atoms with E-state index in [1.807, 2.05) is 11.8 Å². The minimum absolute atomic E-state index is 0.144. The van der Waals surface area contributed by atoms with Crippen LogP contribution in [0.1, 0.15) is 34.4 Å². The summed E-state index contributed by atoms with van der Waals surface area (Å²) in [6.07, 6.45) is 0. The highest BCUT2D eigenvalue weighted by Crippen LogP contribution is 2.35. The molecule has 0 bridgehead atoms. The molecular formula is C18H23NS. The third-order valence-corrected chi connectivity index (χ3v) is 5.03. The largest absolute Gasteiger partial charge is 0.327 e. The molecule has 0 aliphatic rings. The quantitative estimate of drug-likeness (QED) is 0.867. The molecule has 0 aliphatic carbocycles. The minimum Gasteiger partial charge on any atom is -0.327 e. The van der Waals surface area contributed by atoms with Crippen molar-refractivity contribution < 1.29 is 0 Å². The Labute approximate surface area is 126 Å². The van der Waals surface area contributed by atoms with Gasteiger partial charge in [-0.25, -0.2) is 0 Å². The van der Waals surface area contributed by atoms with E-state index in [2.05, 4.69) is 69.3 Å². The van der Waals surface area contributed by atoms with Gasteiger partial charge in [-0.2, -0.15) is 0 Å². The molecule has 2 heteroatoms. The fraction of sp³-hybridized carbons (Fsp3) is 0.333. The highest BCUT2D eigenvalue weighted by Gasteiger charge is 2.18. The maximum atomic E-state index is 6.21. The topological polar surface area (TPSA) is 26.0 Å². The van der Waals surface area contributed by atoms with Crippen molar-refractivity contribution in [2.45, 2.75) is 37.8 Å². The molecule has 2 rings (SSSR count). The summed E-state index contributed by atoms with van der Waals surface area (Å²) < 4.78 is 0. The van der Waals surface area contributed by atoms with Crippen molar-refractivity contribution in [3.8, 4) is 0 Å². The third kappa shape index (κ3) is 3.87. The van der Waals surface area contributed by atoms with E-state index < -0.39 is 0 Å². The number of benzene rings is 2. The average molecular weight is 285 g/mol. The lowest BCUT2D eigenvalue weighted by molar-refractivity contribution is 0.718. The first-order valence-electron chi connectivity index (χ1n) is 7.06. The van der Waals surface area contributed by atoms with Gasteiger partial charge < -0.3 is 5.73 Å². The van der Waals surface area contributed by atoms with Gasteiger partial charge in [-0.15, -0.1) is 11.8 Å². The number of nitrogens with two attached hydrogens (primary N) is 1. The average Bonchev–Trinajstić information content (AvgIpc) is 2.40. The zero-order chi connectivity index (χ0) is 14.5. The van der Waals surface area contributed by atoms with Gasteiger partial charge in [0.05, 0.1) is 0 Å². The van der Waals surface area contributed by atoms with Crippen LogP contribution in [0.3, 0.4) is 0 Å². The van der Waals surface area contributed by atoms with Gasteiger partial charge in [0.15, 0.2) is 0 Å². The second-order valence-corrected chi connectivity index (χ2v) is 6.57. The molecule has 2 N–H and O–H groups in total. The van der Waals surface area contributed by atoms with Crippen molar-refractivity contribution in [2.75, 3.05) is 0 Å². The SMILES string of the molecule is Cc1cccc(CSC(c2ccccc2C)C(C)N)c1. The monoisotopic (exact) mass is 285 g/mol. The van der Waals surface area contributed by atoms with Crippen molar-refractivity contribution in [2.24, 2.45) is 5.73 Å². The molecule has 0 spiro atoms. The Balaban J connectivity index is 2.13. The smallest absolute Gasteiger partial charge is 0.0451 e. The number of aryl methyl sites for hydroxylation is 2. The van der Waals surface area contributed by atoms with Gasteiger partial charge in [0.25, 0.3) is 0 Å². The van der Waals surface area contributed by atoms with E-state index >= 15 is 0 Å². The summed E-state index contributed by atoms with van der Waals surface area (Å²) in [6.45, 7) is 6.40. The summed E-state index contributed by atoms with van der Waals surface area (Å²) in [6, 6.07) is 17.4. The summed E-state index contributed by atoms with van der Waals surface area (Å²) in [5.41, 5.74) is 11.6. The van der Waals surface area contributed by atoms with E-state index in [-0.39, 0.29) is 6.04 Å². The fourth-order valence-corrected chi connectivity index (χ4v) is 3.72. The summed E-state index contributed by atoms with van der Waals surface area (Å²) in [5.74, 6) is 1.00. The van der Waals surface area contributed by atoms with E-state index in [9.17, 15) is 0 Å². The molecule has 2 atom stereocenters. The molecule has 1 nitrogen and oxygen atoms in total. The van der Waals surface area contributed by atoms with E-state index in [0.717, 1.165) is 5.75 Å². The second kappa shape index (κ2) is 6.96. The van der Waals surface area contributed by atoms with Crippen LogP contribution in [-0.4, -0.2) is 6.04 Å². The minimum atomic E-state index is 0.144. The van der Waals surface area contributed by atoms with Crippen LogP contribution in [0.25, 0.3) is 0 Å². The molecule has 0 saturated heterocycles. The van der Waals surface area contributed by atoms with Gasteiger partial charge in [0.1, 0.15) is 0 Å². The van der Waals surface area contributed by atoms with Crippen LogP contribution in [0.2, 0.25) is 0 Å². The first-order valence-corrected chi connectivity index (χ1v) is 8.11. The predicted octanol–water partition coefficient (Wildman–Crippen LogP) is 4.63. The maximum absolute atomic E-state index is 6.21. The van der Waals surface area contributed by atoms with Crippen LogP contribution >= 0.6 is 11.8 Å². The molecule has 0 fully saturated rings. The van der Waals surface area contributed by atoms with E-state index in [0.29, 0.717) is 5.25 Å². The molecule has 0 saturated carbocycles. The Hall–Kier alpha value is -1.25. The second-order valence-electron chi connectivity index (χ2n) is 5.44. The molecule has 0 aromatic heterocycles. The van der Waals surface area contributed by atoms with Gasteiger partial charge in [-0.1, -0.05) is 54.1 Å². The zero-order valence-corrected chi connectivity index (χ0v) is 13.3. The van der Waals surface area contributed by atoms with Crippen LogP contribution in [-0.2, 0) is 5.75 Å². The van der Waals surface area contributed by atoms with Gasteiger partial charge in [0, 0.05) is 17.0 Å². The molecule has 2 aromatic rings. The molecule has 2 unspecified atom stereocenters. The first kappa shape index (κ1) is 15.1. The molecule has 2 aromatic carbocycles. The number of rotatable bonds is 5. The van der Waals surface area contributed by atoms with Crippen LogP contribution in [0.15, 0.2) is 48.5 Å². The molecule has 0 heterocycles. The van der Waals surface area contributed by atoms with Crippen molar-refractivity contribution in [1.29, 1.82) is 0 Å². The van der Waals surface area contributed by atoms with Crippen molar-refractivity contribution >= 4 is 11.8 Å². The Morgan fingerprint density at radius 2 is 1.80 bits per heavy atom. The lowest BCUT2D eigenvalue weighted by Gasteiger charge is -2.22. The molecule has 0 radical (unpaired) electrons. The van der Waals surface area contributed by atoms with E-state index in [1.165, 1.54) is 22.3 Å². The van der Waals surface area contributed by atoms with Crippen molar-refractivity contribution in [3.63, 3.8) is 0 Å². The lowest BCUT2D eigenvalue weighted by atomic mass is 10.0. The maximum Gasteiger partial charge on any atom is 0.0451 e. The van der Waals surface area contributed by atoms with Gasteiger partial charge in [0.2, 0.25) is 0 Å². The Morgan fingerprint density at radius 1 is 1.05 bits per heavy atom. The predicted molar refractivity (Wildman–Crippen MR) is 90.0 cm³/mol. The van der Waals surface area contributed by atoms with Crippen LogP contribution in [0, 0.1) is 13.8 Å². The fourth-order valence-electron chi connectivity index (χ4n) is 2.42. The highest BCUT2D eigenvalue weighted by molar-refractivity contribution is 7.98. The summed E-state index contributed by atoms with van der Waals surface area (Å²) in [4.78, 5) is 0. The molecule has 20 heavy (non-hydrogen) atoms. The lowest BCUT2D eigenvalue weighted by Crippen LogP contribution is -2.23. The molecule has 0 aliphatic heterocycles. The third-order valence-electron chi connectivity index (χ3n) is 3.48. The Bertz CT molecular complexity index is 563. The number of hydrogen-bond donors (Lipinski definition) is 1. The molecule has 0 amide bonds. The molecular weight excluding hydrogens is 262 g/mol. The Kier molecular flexibility index (Phi) is 5.27. The number of hydrogen-bond acceptors (Lipinski definition) is 2.